The van der Waals surface area contributed by atoms with Crippen LogP contribution in [-0.2, 0) is 0 Å². The summed E-state index contributed by atoms with van der Waals surface area (Å²) in [6, 6.07) is 14.7. The maximum Gasteiger partial charge on any atom is 0.0771 e. The van der Waals surface area contributed by atoms with Gasteiger partial charge in [-0.1, -0.05) is 31.2 Å². The molecule has 1 heterocycles. The topological polar surface area (TPSA) is 15.6 Å². The van der Waals surface area contributed by atoms with E-state index >= 15 is 0 Å². The van der Waals surface area contributed by atoms with E-state index in [2.05, 4.69) is 77.8 Å². The van der Waals surface area contributed by atoms with E-state index in [4.69, 9.17) is 0 Å². The first-order valence-electron chi connectivity index (χ1n) is 8.82. The van der Waals surface area contributed by atoms with Crippen LogP contribution in [0.2, 0.25) is 0 Å². The molecule has 25 heavy (non-hydrogen) atoms. The highest BCUT2D eigenvalue weighted by molar-refractivity contribution is 9.10. The van der Waals surface area contributed by atoms with Crippen LogP contribution in [0.3, 0.4) is 0 Å². The molecule has 0 unspecified atom stereocenters. The van der Waals surface area contributed by atoms with Crippen molar-refractivity contribution in [3.05, 3.63) is 64.1 Å². The predicted octanol–water partition coefficient (Wildman–Crippen LogP) is 6.61. The van der Waals surface area contributed by atoms with E-state index in [1.807, 2.05) is 30.5 Å². The molecule has 0 saturated heterocycles. The average Bonchev–Trinajstić information content (AvgIpc) is 2.57. The molecular weight excluding hydrogens is 372 g/mol. The monoisotopic (exact) mass is 396 g/mol. The Morgan fingerprint density at radius 1 is 1.16 bits per heavy atom. The van der Waals surface area contributed by atoms with Crippen molar-refractivity contribution in [2.24, 2.45) is 4.99 Å². The van der Waals surface area contributed by atoms with Crippen molar-refractivity contribution < 1.29 is 0 Å². The van der Waals surface area contributed by atoms with Gasteiger partial charge in [0, 0.05) is 28.5 Å². The Morgan fingerprint density at radius 2 is 1.92 bits per heavy atom. The zero-order valence-corrected chi connectivity index (χ0v) is 17.0. The maximum absolute atomic E-state index is 4.63. The van der Waals surface area contributed by atoms with Gasteiger partial charge in [0.2, 0.25) is 0 Å². The van der Waals surface area contributed by atoms with Crippen molar-refractivity contribution in [1.82, 2.24) is 0 Å². The van der Waals surface area contributed by atoms with Gasteiger partial charge in [-0.05, 0) is 78.5 Å². The molecule has 0 bridgehead atoms. The summed E-state index contributed by atoms with van der Waals surface area (Å²) in [4.78, 5) is 7.13. The second-order valence-electron chi connectivity index (χ2n) is 7.12. The minimum Gasteiger partial charge on any atom is -0.362 e. The highest BCUT2D eigenvalue weighted by atomic mass is 79.9. The number of rotatable bonds is 4. The molecule has 1 aliphatic rings. The van der Waals surface area contributed by atoms with E-state index in [-0.39, 0.29) is 5.54 Å². The number of para-hydroxylation sites is 1. The molecule has 3 heteroatoms. The number of fused-ring (bicyclic) bond motifs is 1. The molecule has 1 aliphatic heterocycles. The van der Waals surface area contributed by atoms with Crippen molar-refractivity contribution in [3.8, 4) is 0 Å². The van der Waals surface area contributed by atoms with E-state index < -0.39 is 0 Å². The van der Waals surface area contributed by atoms with Crippen LogP contribution in [0, 0.1) is 0 Å². The Labute approximate surface area is 159 Å². The Morgan fingerprint density at radius 3 is 2.64 bits per heavy atom. The highest BCUT2D eigenvalue weighted by Gasteiger charge is 2.30. The molecule has 0 spiro atoms. The lowest BCUT2D eigenvalue weighted by atomic mass is 9.88. The molecular formula is C22H25BrN2. The van der Waals surface area contributed by atoms with Gasteiger partial charge in [-0.25, -0.2) is 0 Å². The van der Waals surface area contributed by atoms with Crippen LogP contribution in [0.25, 0.3) is 5.57 Å². The zero-order valence-electron chi connectivity index (χ0n) is 15.4. The number of hydrogen-bond acceptors (Lipinski definition) is 2. The maximum atomic E-state index is 4.63. The van der Waals surface area contributed by atoms with Crippen LogP contribution in [0.1, 0.15) is 45.2 Å². The molecule has 0 radical (unpaired) electrons. The number of hydrogen-bond donors (Lipinski definition) is 0. The minimum absolute atomic E-state index is 0.0532. The van der Waals surface area contributed by atoms with Crippen LogP contribution < -0.4 is 4.90 Å². The molecule has 0 aliphatic carbocycles. The third-order valence-corrected chi connectivity index (χ3v) is 5.32. The van der Waals surface area contributed by atoms with E-state index in [1.165, 1.54) is 16.8 Å². The predicted molar refractivity (Wildman–Crippen MR) is 113 cm³/mol. The lowest BCUT2D eigenvalue weighted by Crippen LogP contribution is -2.45. The quantitative estimate of drug-likeness (QED) is 0.530. The average molecular weight is 397 g/mol. The van der Waals surface area contributed by atoms with Crippen LogP contribution in [0.15, 0.2) is 58.0 Å². The molecule has 0 aromatic heterocycles. The summed E-state index contributed by atoms with van der Waals surface area (Å²) in [5.74, 6) is 0. The van der Waals surface area contributed by atoms with Gasteiger partial charge in [0.15, 0.2) is 0 Å². The van der Waals surface area contributed by atoms with Gasteiger partial charge >= 0.3 is 0 Å². The van der Waals surface area contributed by atoms with E-state index in [9.17, 15) is 0 Å². The molecule has 0 fully saturated rings. The Hall–Kier alpha value is -1.87. The smallest absolute Gasteiger partial charge is 0.0771 e. The first-order chi connectivity index (χ1) is 11.9. The van der Waals surface area contributed by atoms with Crippen molar-refractivity contribution in [1.29, 1.82) is 0 Å². The van der Waals surface area contributed by atoms with Crippen molar-refractivity contribution in [3.63, 3.8) is 0 Å². The summed E-state index contributed by atoms with van der Waals surface area (Å²) in [5, 5.41) is 0. The molecule has 0 N–H and O–H groups in total. The van der Waals surface area contributed by atoms with Gasteiger partial charge in [-0.3, -0.25) is 4.99 Å². The standard InChI is InChI=1S/C22H25BrN2/c1-5-12-25-21-11-10-17(13-18(21)16(2)14-22(25,3)4)15-24-20-9-7-6-8-19(20)23/h6-11,13-15H,5,12H2,1-4H3. The van der Waals surface area contributed by atoms with E-state index in [0.29, 0.717) is 0 Å². The molecule has 2 nitrogen and oxygen atoms in total. The number of nitrogens with zero attached hydrogens (tertiary/aromatic N) is 2. The molecule has 0 atom stereocenters. The summed E-state index contributed by atoms with van der Waals surface area (Å²) in [5.41, 5.74) is 6.09. The van der Waals surface area contributed by atoms with Crippen LogP contribution >= 0.6 is 15.9 Å². The Bertz CT molecular complexity index is 834. The molecule has 0 saturated carbocycles. The third-order valence-electron chi connectivity index (χ3n) is 4.65. The number of anilines is 1. The molecule has 130 valence electrons. The van der Waals surface area contributed by atoms with Gasteiger partial charge in [0.1, 0.15) is 0 Å². The van der Waals surface area contributed by atoms with E-state index in [1.54, 1.807) is 0 Å². The third kappa shape index (κ3) is 3.72. The molecule has 3 rings (SSSR count). The van der Waals surface area contributed by atoms with Gasteiger partial charge < -0.3 is 4.90 Å². The van der Waals surface area contributed by atoms with Gasteiger partial charge in [-0.15, -0.1) is 0 Å². The van der Waals surface area contributed by atoms with Gasteiger partial charge in [-0.2, -0.15) is 0 Å². The fourth-order valence-electron chi connectivity index (χ4n) is 3.51. The first-order valence-corrected chi connectivity index (χ1v) is 9.62. The fraction of sp³-hybridized carbons (Fsp3) is 0.318. The van der Waals surface area contributed by atoms with Crippen LogP contribution in [0.4, 0.5) is 11.4 Å². The highest BCUT2D eigenvalue weighted by Crippen LogP contribution is 2.39. The van der Waals surface area contributed by atoms with Gasteiger partial charge in [0.25, 0.3) is 0 Å². The Kier molecular flexibility index (Phi) is 5.14. The largest absolute Gasteiger partial charge is 0.362 e. The van der Waals surface area contributed by atoms with Crippen LogP contribution in [0.5, 0.6) is 0 Å². The second kappa shape index (κ2) is 7.17. The summed E-state index contributed by atoms with van der Waals surface area (Å²) in [6.45, 7) is 10.1. The molecule has 2 aromatic rings. The second-order valence-corrected chi connectivity index (χ2v) is 7.97. The lowest BCUT2D eigenvalue weighted by molar-refractivity contribution is 0.550. The Balaban J connectivity index is 1.97. The summed E-state index contributed by atoms with van der Waals surface area (Å²) in [7, 11) is 0. The summed E-state index contributed by atoms with van der Waals surface area (Å²) >= 11 is 3.55. The van der Waals surface area contributed by atoms with E-state index in [0.717, 1.165) is 28.7 Å². The first kappa shape index (κ1) is 17.9. The van der Waals surface area contributed by atoms with Gasteiger partial charge in [0.05, 0.1) is 11.2 Å². The summed E-state index contributed by atoms with van der Waals surface area (Å²) < 4.78 is 1.01. The number of halogens is 1. The number of allylic oxidation sites excluding steroid dienone is 1. The fourth-order valence-corrected chi connectivity index (χ4v) is 3.90. The van der Waals surface area contributed by atoms with Crippen molar-refractivity contribution in [2.75, 3.05) is 11.4 Å². The lowest BCUT2D eigenvalue weighted by Gasteiger charge is -2.43. The minimum atomic E-state index is 0.0532. The van der Waals surface area contributed by atoms with Crippen LogP contribution in [-0.4, -0.2) is 18.3 Å². The van der Waals surface area contributed by atoms with Crippen molar-refractivity contribution >= 4 is 39.1 Å². The normalized spacial score (nSPS) is 16.0. The SMILES string of the molecule is CCCN1c2ccc(C=Nc3ccccc3Br)cc2C(C)=CC1(C)C. The van der Waals surface area contributed by atoms with Crippen molar-refractivity contribution in [2.45, 2.75) is 39.7 Å². The summed E-state index contributed by atoms with van der Waals surface area (Å²) in [6.07, 6.45) is 5.46. The molecule has 2 aromatic carbocycles. The zero-order chi connectivity index (χ0) is 18.0. The number of aliphatic imine (C=N–C) groups is 1. The molecule has 0 amide bonds. The number of benzene rings is 2.